The Morgan fingerprint density at radius 3 is 2.37 bits per heavy atom. The number of rotatable bonds is 9. The summed E-state index contributed by atoms with van der Waals surface area (Å²) in [6.45, 7) is 2.18. The lowest BCUT2D eigenvalue weighted by Crippen LogP contribution is -2.28. The van der Waals surface area contributed by atoms with Crippen molar-refractivity contribution in [3.8, 4) is 0 Å². The van der Waals surface area contributed by atoms with Crippen LogP contribution in [0.2, 0.25) is 0 Å². The summed E-state index contributed by atoms with van der Waals surface area (Å²) in [6, 6.07) is 0. The van der Waals surface area contributed by atoms with Gasteiger partial charge in [0.05, 0.1) is 6.42 Å². The van der Waals surface area contributed by atoms with Crippen LogP contribution in [0.4, 0.5) is 0 Å². The van der Waals surface area contributed by atoms with Gasteiger partial charge in [-0.2, -0.15) is 0 Å². The molecule has 5 nitrogen and oxygen atoms in total. The summed E-state index contributed by atoms with van der Waals surface area (Å²) in [4.78, 5) is 33.6. The average Bonchev–Trinajstić information content (AvgIpc) is 2.66. The van der Waals surface area contributed by atoms with Crippen molar-refractivity contribution in [2.24, 2.45) is 0 Å². The van der Waals surface area contributed by atoms with Gasteiger partial charge in [-0.1, -0.05) is 45.4 Å². The summed E-state index contributed by atoms with van der Waals surface area (Å²) in [5.41, 5.74) is 0. The molecule has 5 heteroatoms. The van der Waals surface area contributed by atoms with Gasteiger partial charge in [0, 0.05) is 6.42 Å². The number of unbranched alkanes of at least 4 members (excludes halogenated alkanes) is 6. The first-order valence-electron chi connectivity index (χ1n) is 7.16. The lowest BCUT2D eigenvalue weighted by atomic mass is 10.1. The topological polar surface area (TPSA) is 72.5 Å². The number of hydrogen-bond donors (Lipinski definition) is 1. The van der Waals surface area contributed by atoms with Gasteiger partial charge >= 0.3 is 5.97 Å². The first-order valence-corrected chi connectivity index (χ1v) is 7.16. The van der Waals surface area contributed by atoms with Gasteiger partial charge in [0.25, 0.3) is 5.91 Å². The lowest BCUT2D eigenvalue weighted by Gasteiger charge is -2.08. The van der Waals surface area contributed by atoms with Crippen LogP contribution in [0, 0.1) is 0 Å². The van der Waals surface area contributed by atoms with Crippen molar-refractivity contribution >= 4 is 17.8 Å². The Bertz CT molecular complexity index is 327. The summed E-state index contributed by atoms with van der Waals surface area (Å²) >= 11 is 0. The lowest BCUT2D eigenvalue weighted by molar-refractivity contribution is -0.154. The van der Waals surface area contributed by atoms with E-state index < -0.39 is 12.0 Å². The van der Waals surface area contributed by atoms with Gasteiger partial charge in [-0.3, -0.25) is 19.7 Å². The Kier molecular flexibility index (Phi) is 7.15. The number of amides is 2. The Morgan fingerprint density at radius 1 is 1.16 bits per heavy atom. The molecule has 0 aliphatic carbocycles. The Morgan fingerprint density at radius 2 is 1.79 bits per heavy atom. The average molecular weight is 269 g/mol. The molecule has 0 spiro atoms. The van der Waals surface area contributed by atoms with E-state index >= 15 is 0 Å². The molecule has 0 saturated carbocycles. The number of hydrogen-bond acceptors (Lipinski definition) is 4. The van der Waals surface area contributed by atoms with Crippen molar-refractivity contribution in [1.82, 2.24) is 5.32 Å². The Hall–Kier alpha value is -1.39. The van der Waals surface area contributed by atoms with Gasteiger partial charge < -0.3 is 4.74 Å². The largest absolute Gasteiger partial charge is 0.452 e. The van der Waals surface area contributed by atoms with Gasteiger partial charge in [-0.25, -0.2) is 0 Å². The number of carbonyl (C=O) groups excluding carboxylic acids is 3. The maximum atomic E-state index is 11.5. The van der Waals surface area contributed by atoms with Gasteiger partial charge in [0.1, 0.15) is 0 Å². The van der Waals surface area contributed by atoms with Crippen LogP contribution in [0.15, 0.2) is 0 Å². The molecule has 1 fully saturated rings. The highest BCUT2D eigenvalue weighted by molar-refractivity contribution is 6.05. The standard InChI is InChI=1S/C14H23NO4/c1-2-3-4-5-6-7-8-9-13(17)19-11-10-12(16)15-14(11)18/h11H,2-10H2,1H3,(H,15,16,18). The molecule has 0 radical (unpaired) electrons. The van der Waals surface area contributed by atoms with Crippen molar-refractivity contribution in [1.29, 1.82) is 0 Å². The van der Waals surface area contributed by atoms with Crippen LogP contribution in [0.5, 0.6) is 0 Å². The monoisotopic (exact) mass is 269 g/mol. The number of nitrogens with one attached hydrogen (secondary N) is 1. The third-order valence-corrected chi connectivity index (χ3v) is 3.18. The molecular formula is C14H23NO4. The van der Waals surface area contributed by atoms with E-state index in [1.54, 1.807) is 0 Å². The zero-order valence-corrected chi connectivity index (χ0v) is 11.6. The molecule has 0 aromatic heterocycles. The quantitative estimate of drug-likeness (QED) is 0.395. The van der Waals surface area contributed by atoms with E-state index in [0.717, 1.165) is 19.3 Å². The fourth-order valence-corrected chi connectivity index (χ4v) is 2.07. The van der Waals surface area contributed by atoms with Crippen molar-refractivity contribution in [2.45, 2.75) is 70.8 Å². The Balaban J connectivity index is 2.02. The second-order valence-corrected chi connectivity index (χ2v) is 4.97. The molecule has 0 aromatic carbocycles. The van der Waals surface area contributed by atoms with Crippen LogP contribution in [-0.2, 0) is 19.1 Å². The fraction of sp³-hybridized carbons (Fsp3) is 0.786. The molecule has 1 atom stereocenters. The SMILES string of the molecule is CCCCCCCCCC(=O)OC1CC(=O)NC1=O. The van der Waals surface area contributed by atoms with Crippen LogP contribution in [-0.4, -0.2) is 23.9 Å². The van der Waals surface area contributed by atoms with Crippen molar-refractivity contribution in [3.05, 3.63) is 0 Å². The molecule has 1 saturated heterocycles. The summed E-state index contributed by atoms with van der Waals surface area (Å²) in [7, 11) is 0. The number of esters is 1. The molecule has 2 amide bonds. The van der Waals surface area contributed by atoms with Gasteiger partial charge in [-0.05, 0) is 6.42 Å². The van der Waals surface area contributed by atoms with E-state index in [1.807, 2.05) is 0 Å². The second kappa shape index (κ2) is 8.67. The number of ether oxygens (including phenoxy) is 1. The molecule has 0 bridgehead atoms. The maximum absolute atomic E-state index is 11.5. The van der Waals surface area contributed by atoms with Gasteiger partial charge in [0.15, 0.2) is 6.10 Å². The zero-order valence-electron chi connectivity index (χ0n) is 11.6. The van der Waals surface area contributed by atoms with E-state index in [0.29, 0.717) is 6.42 Å². The highest BCUT2D eigenvalue weighted by atomic mass is 16.5. The minimum Gasteiger partial charge on any atom is -0.452 e. The summed E-state index contributed by atoms with van der Waals surface area (Å²) in [5.74, 6) is -1.26. The van der Waals surface area contributed by atoms with Crippen molar-refractivity contribution in [2.75, 3.05) is 0 Å². The van der Waals surface area contributed by atoms with E-state index in [4.69, 9.17) is 4.74 Å². The predicted molar refractivity (Wildman–Crippen MR) is 70.3 cm³/mol. The van der Waals surface area contributed by atoms with E-state index in [9.17, 15) is 14.4 Å². The van der Waals surface area contributed by atoms with Gasteiger partial charge in [-0.15, -0.1) is 0 Å². The van der Waals surface area contributed by atoms with E-state index in [1.165, 1.54) is 25.7 Å². The molecule has 108 valence electrons. The normalized spacial score (nSPS) is 18.5. The third-order valence-electron chi connectivity index (χ3n) is 3.18. The van der Waals surface area contributed by atoms with Crippen LogP contribution < -0.4 is 5.32 Å². The molecule has 1 unspecified atom stereocenters. The van der Waals surface area contributed by atoms with E-state index in [2.05, 4.69) is 12.2 Å². The van der Waals surface area contributed by atoms with Crippen molar-refractivity contribution in [3.63, 3.8) is 0 Å². The number of imide groups is 1. The molecule has 1 aliphatic heterocycles. The maximum Gasteiger partial charge on any atom is 0.306 e. The van der Waals surface area contributed by atoms with Crippen molar-refractivity contribution < 1.29 is 19.1 Å². The fourth-order valence-electron chi connectivity index (χ4n) is 2.07. The zero-order chi connectivity index (χ0) is 14.1. The second-order valence-electron chi connectivity index (χ2n) is 4.97. The molecular weight excluding hydrogens is 246 g/mol. The molecule has 1 aliphatic rings. The summed E-state index contributed by atoms with van der Waals surface area (Å²) < 4.78 is 4.97. The molecule has 19 heavy (non-hydrogen) atoms. The highest BCUT2D eigenvalue weighted by Crippen LogP contribution is 2.11. The first-order chi connectivity index (χ1) is 9.13. The third kappa shape index (κ3) is 6.36. The minimum atomic E-state index is -0.912. The first kappa shape index (κ1) is 15.7. The minimum absolute atomic E-state index is 0.0401. The number of carbonyl (C=O) groups is 3. The molecule has 1 rings (SSSR count). The summed E-state index contributed by atoms with van der Waals surface area (Å²) in [6.07, 6.45) is 7.27. The van der Waals surface area contributed by atoms with E-state index in [-0.39, 0.29) is 18.3 Å². The van der Waals surface area contributed by atoms with Crippen LogP contribution >= 0.6 is 0 Å². The highest BCUT2D eigenvalue weighted by Gasteiger charge is 2.33. The molecule has 1 heterocycles. The van der Waals surface area contributed by atoms with Crippen LogP contribution in [0.3, 0.4) is 0 Å². The molecule has 1 N–H and O–H groups in total. The van der Waals surface area contributed by atoms with Gasteiger partial charge in [0.2, 0.25) is 5.91 Å². The van der Waals surface area contributed by atoms with Crippen LogP contribution in [0.1, 0.15) is 64.7 Å². The predicted octanol–water partition coefficient (Wildman–Crippen LogP) is 2.09. The Labute approximate surface area is 114 Å². The smallest absolute Gasteiger partial charge is 0.306 e. The van der Waals surface area contributed by atoms with Crippen LogP contribution in [0.25, 0.3) is 0 Å². The summed E-state index contributed by atoms with van der Waals surface area (Å²) in [5, 5.41) is 2.11. The molecule has 0 aromatic rings.